The minimum Gasteiger partial charge on any atom is -0.494 e. The molecule has 10 nitrogen and oxygen atoms in total. The van der Waals surface area contributed by atoms with Crippen LogP contribution in [0.4, 0.5) is 25.1 Å². The summed E-state index contributed by atoms with van der Waals surface area (Å²) in [6.07, 6.45) is 4.04. The van der Waals surface area contributed by atoms with Crippen LogP contribution in [0, 0.1) is 11.6 Å². The Hall–Kier alpha value is -5.13. The molecule has 3 heterocycles. The highest BCUT2D eigenvalue weighted by atomic mass is 19.1. The Morgan fingerprint density at radius 1 is 1.10 bits per heavy atom. The molecule has 3 aromatic heterocycles. The van der Waals surface area contributed by atoms with Crippen LogP contribution in [0.25, 0.3) is 22.4 Å². The number of nitrogens with one attached hydrogen (secondary N) is 2. The molecule has 42 heavy (non-hydrogen) atoms. The Bertz CT molecular complexity index is 1720. The molecule has 0 radical (unpaired) electrons. The van der Waals surface area contributed by atoms with E-state index in [9.17, 15) is 18.7 Å². The molecule has 0 aliphatic carbocycles. The van der Waals surface area contributed by atoms with Crippen molar-refractivity contribution in [2.24, 2.45) is 0 Å². The smallest absolute Gasteiger partial charge is 0.405 e. The number of carboxylic acid groups (broad SMARTS) is 1. The summed E-state index contributed by atoms with van der Waals surface area (Å²) in [5.74, 6) is -0.620. The summed E-state index contributed by atoms with van der Waals surface area (Å²) in [5, 5.41) is 20.4. The average molecular weight is 574 g/mol. The highest BCUT2D eigenvalue weighted by molar-refractivity contribution is 5.92. The number of benzene rings is 2. The van der Waals surface area contributed by atoms with E-state index in [1.807, 2.05) is 18.2 Å². The van der Waals surface area contributed by atoms with Gasteiger partial charge in [0.1, 0.15) is 28.9 Å². The number of ether oxygens (including phenoxy) is 1. The number of rotatable bonds is 10. The summed E-state index contributed by atoms with van der Waals surface area (Å²) in [4.78, 5) is 24.7. The molecule has 0 atom stereocenters. The zero-order chi connectivity index (χ0) is 29.9. The Morgan fingerprint density at radius 3 is 2.50 bits per heavy atom. The molecular formula is C30H29F2N7O3. The summed E-state index contributed by atoms with van der Waals surface area (Å²) >= 11 is 0. The molecule has 2 aromatic carbocycles. The Labute approximate surface area is 240 Å². The number of hydrogen-bond acceptors (Lipinski definition) is 7. The van der Waals surface area contributed by atoms with Crippen LogP contribution in [0.1, 0.15) is 31.9 Å². The van der Waals surface area contributed by atoms with E-state index in [0.717, 1.165) is 17.8 Å². The fourth-order valence-electron chi connectivity index (χ4n) is 4.68. The van der Waals surface area contributed by atoms with E-state index in [4.69, 9.17) is 9.72 Å². The molecule has 0 bridgehead atoms. The van der Waals surface area contributed by atoms with Gasteiger partial charge in [0, 0.05) is 64.9 Å². The van der Waals surface area contributed by atoms with Crippen molar-refractivity contribution in [1.82, 2.24) is 30.0 Å². The molecule has 5 rings (SSSR count). The average Bonchev–Trinajstić information content (AvgIpc) is 3.30. The van der Waals surface area contributed by atoms with E-state index in [1.54, 1.807) is 57.6 Å². The first-order chi connectivity index (χ1) is 20.1. The molecule has 1 amide bonds. The van der Waals surface area contributed by atoms with Crippen LogP contribution in [-0.2, 0) is 13.0 Å². The van der Waals surface area contributed by atoms with Crippen molar-refractivity contribution in [3.63, 3.8) is 0 Å². The van der Waals surface area contributed by atoms with E-state index in [1.165, 1.54) is 4.68 Å². The van der Waals surface area contributed by atoms with E-state index in [2.05, 4.69) is 25.7 Å². The van der Waals surface area contributed by atoms with Gasteiger partial charge in [0.15, 0.2) is 5.82 Å². The van der Waals surface area contributed by atoms with Gasteiger partial charge < -0.3 is 20.5 Å². The third kappa shape index (κ3) is 6.27. The maximum Gasteiger partial charge on any atom is 0.405 e. The number of carbonyl (C=O) groups is 1. The van der Waals surface area contributed by atoms with Crippen LogP contribution in [0.3, 0.4) is 0 Å². The number of anilines is 2. The summed E-state index contributed by atoms with van der Waals surface area (Å²) in [7, 11) is 0. The van der Waals surface area contributed by atoms with E-state index >= 15 is 0 Å². The molecule has 0 aliphatic rings. The second-order valence-electron chi connectivity index (χ2n) is 10.2. The lowest BCUT2D eigenvalue weighted by Crippen LogP contribution is -2.44. The number of fused-ring (bicyclic) bond motifs is 1. The van der Waals surface area contributed by atoms with E-state index < -0.39 is 23.3 Å². The molecule has 0 fully saturated rings. The molecule has 12 heteroatoms. The van der Waals surface area contributed by atoms with Gasteiger partial charge in [-0.25, -0.2) is 23.5 Å². The number of pyridine rings is 1. The number of amides is 1. The summed E-state index contributed by atoms with van der Waals surface area (Å²) in [6.45, 7) is 5.39. The van der Waals surface area contributed by atoms with Crippen molar-refractivity contribution in [1.29, 1.82) is 0 Å². The number of hydrogen-bond donors (Lipinski definition) is 3. The van der Waals surface area contributed by atoms with Gasteiger partial charge in [0.05, 0.1) is 18.7 Å². The van der Waals surface area contributed by atoms with Crippen molar-refractivity contribution < 1.29 is 23.4 Å². The molecular weight excluding hydrogens is 544 g/mol. The number of nitrogens with zero attached hydrogens (tertiary/aromatic N) is 5. The molecule has 0 saturated heterocycles. The first-order valence-corrected chi connectivity index (χ1v) is 13.2. The van der Waals surface area contributed by atoms with Crippen molar-refractivity contribution in [2.45, 2.75) is 39.3 Å². The first kappa shape index (κ1) is 28.4. The van der Waals surface area contributed by atoms with Gasteiger partial charge in [-0.15, -0.1) is 0 Å². The van der Waals surface area contributed by atoms with Gasteiger partial charge in [-0.2, -0.15) is 5.10 Å². The van der Waals surface area contributed by atoms with Gasteiger partial charge in [0.25, 0.3) is 0 Å². The molecule has 5 aromatic rings. The normalized spacial score (nSPS) is 11.5. The zero-order valence-electron chi connectivity index (χ0n) is 23.2. The van der Waals surface area contributed by atoms with Gasteiger partial charge in [-0.3, -0.25) is 9.67 Å². The lowest BCUT2D eigenvalue weighted by Gasteiger charge is -2.25. The maximum atomic E-state index is 14.9. The van der Waals surface area contributed by atoms with Crippen LogP contribution in [-0.4, -0.2) is 48.1 Å². The first-order valence-electron chi connectivity index (χ1n) is 13.2. The van der Waals surface area contributed by atoms with Crippen LogP contribution in [0.5, 0.6) is 5.75 Å². The fourth-order valence-corrected chi connectivity index (χ4v) is 4.68. The molecule has 3 N–H and O–H groups in total. The Morgan fingerprint density at radius 2 is 1.81 bits per heavy atom. The molecule has 216 valence electrons. The van der Waals surface area contributed by atoms with Crippen LogP contribution in [0.15, 0.2) is 67.1 Å². The van der Waals surface area contributed by atoms with Crippen LogP contribution >= 0.6 is 0 Å². The second kappa shape index (κ2) is 11.8. The summed E-state index contributed by atoms with van der Waals surface area (Å²) in [5.41, 5.74) is 1.48. The van der Waals surface area contributed by atoms with Crippen molar-refractivity contribution in [3.05, 3.63) is 89.9 Å². The maximum absolute atomic E-state index is 14.9. The van der Waals surface area contributed by atoms with E-state index in [-0.39, 0.29) is 30.3 Å². The molecule has 0 unspecified atom stereocenters. The van der Waals surface area contributed by atoms with Crippen LogP contribution in [0.2, 0.25) is 0 Å². The van der Waals surface area contributed by atoms with Gasteiger partial charge >= 0.3 is 6.09 Å². The standard InChI is InChI=1S/C30H29F2N7O3/c1-4-42-20-13-23(31)22(24(32)14-20)17-39-25-8-6-5-7-21(25)26(38-39)28-34-16-18(15-30(2,3)37-29(40)41)27(36-28)35-19-9-11-33-12-10-19/h5-14,16,37H,4,15,17H2,1-3H3,(H,40,41)(H,33,34,35,36). The van der Waals surface area contributed by atoms with Crippen LogP contribution < -0.4 is 15.4 Å². The predicted molar refractivity (Wildman–Crippen MR) is 154 cm³/mol. The van der Waals surface area contributed by atoms with Gasteiger partial charge in [-0.05, 0) is 39.0 Å². The van der Waals surface area contributed by atoms with Crippen molar-refractivity contribution >= 4 is 28.5 Å². The summed E-state index contributed by atoms with van der Waals surface area (Å²) < 4.78 is 36.6. The zero-order valence-corrected chi connectivity index (χ0v) is 23.2. The van der Waals surface area contributed by atoms with Crippen molar-refractivity contribution in [3.8, 4) is 17.3 Å². The molecule has 0 saturated carbocycles. The highest BCUT2D eigenvalue weighted by Gasteiger charge is 2.25. The van der Waals surface area contributed by atoms with Crippen molar-refractivity contribution in [2.75, 3.05) is 11.9 Å². The predicted octanol–water partition coefficient (Wildman–Crippen LogP) is 5.95. The Balaban J connectivity index is 1.57. The quantitative estimate of drug-likeness (QED) is 0.187. The lowest BCUT2D eigenvalue weighted by molar-refractivity contribution is 0.182. The molecule has 0 spiro atoms. The topological polar surface area (TPSA) is 127 Å². The number of para-hydroxylation sites is 1. The highest BCUT2D eigenvalue weighted by Crippen LogP contribution is 2.31. The fraction of sp³-hybridized carbons (Fsp3) is 0.233. The Kier molecular flexibility index (Phi) is 7.96. The second-order valence-corrected chi connectivity index (χ2v) is 10.2. The largest absolute Gasteiger partial charge is 0.494 e. The van der Waals surface area contributed by atoms with Gasteiger partial charge in [0.2, 0.25) is 0 Å². The monoisotopic (exact) mass is 573 g/mol. The lowest BCUT2D eigenvalue weighted by atomic mass is 9.96. The van der Waals surface area contributed by atoms with E-state index in [0.29, 0.717) is 34.4 Å². The summed E-state index contributed by atoms with van der Waals surface area (Å²) in [6, 6.07) is 13.2. The minimum atomic E-state index is -1.14. The number of aromatic nitrogens is 5. The third-order valence-corrected chi connectivity index (χ3v) is 6.49. The third-order valence-electron chi connectivity index (χ3n) is 6.49. The molecule has 0 aliphatic heterocycles. The van der Waals surface area contributed by atoms with Gasteiger partial charge in [-0.1, -0.05) is 18.2 Å². The SMILES string of the molecule is CCOc1cc(F)c(Cn2nc(-c3ncc(CC(C)(C)NC(=O)O)c(Nc4ccncc4)n3)c3ccccc32)c(F)c1. The minimum absolute atomic E-state index is 0.117. The number of halogens is 2.